The van der Waals surface area contributed by atoms with E-state index in [4.69, 9.17) is 0 Å². The number of fused-ring (bicyclic) bond motifs is 1. The molecule has 0 aliphatic rings. The van der Waals surface area contributed by atoms with Crippen molar-refractivity contribution in [2.45, 2.75) is 13.5 Å². The molecule has 0 fully saturated rings. The van der Waals surface area contributed by atoms with Crippen LogP contribution in [0, 0.1) is 6.92 Å². The van der Waals surface area contributed by atoms with Crippen LogP contribution in [0.4, 0.5) is 5.69 Å². The third-order valence-corrected chi connectivity index (χ3v) is 4.83. The molecule has 0 unspecified atom stereocenters. The van der Waals surface area contributed by atoms with Crippen molar-refractivity contribution in [2.24, 2.45) is 0 Å². The number of anilines is 1. The average Bonchev–Trinajstić information content (AvgIpc) is 2.74. The first-order valence-corrected chi connectivity index (χ1v) is 9.17. The van der Waals surface area contributed by atoms with E-state index in [1.165, 1.54) is 0 Å². The molecule has 1 amide bonds. The number of aromatic nitrogens is 1. The molecule has 0 saturated heterocycles. The summed E-state index contributed by atoms with van der Waals surface area (Å²) in [6.07, 6.45) is 0. The van der Waals surface area contributed by atoms with Crippen LogP contribution in [0.5, 0.6) is 0 Å². The fourth-order valence-electron chi connectivity index (χ4n) is 3.34. The van der Waals surface area contributed by atoms with E-state index in [0.29, 0.717) is 11.1 Å². The number of hydrogen-bond acceptors (Lipinski definition) is 2. The molecule has 0 spiro atoms. The van der Waals surface area contributed by atoms with Crippen LogP contribution in [0.25, 0.3) is 10.9 Å². The molecule has 1 aromatic heterocycles. The van der Waals surface area contributed by atoms with Crippen LogP contribution in [0.1, 0.15) is 21.5 Å². The molecule has 3 aromatic carbocycles. The fourth-order valence-corrected chi connectivity index (χ4v) is 3.34. The minimum absolute atomic E-state index is 0.143. The highest BCUT2D eigenvalue weighted by Crippen LogP contribution is 2.21. The minimum Gasteiger partial charge on any atom is -0.321 e. The van der Waals surface area contributed by atoms with Crippen LogP contribution in [0.15, 0.2) is 89.7 Å². The van der Waals surface area contributed by atoms with Gasteiger partial charge in [0.15, 0.2) is 0 Å². The Balaban J connectivity index is 1.78. The van der Waals surface area contributed by atoms with Gasteiger partial charge in [-0.3, -0.25) is 9.59 Å². The highest BCUT2D eigenvalue weighted by molar-refractivity contribution is 6.06. The predicted octanol–water partition coefficient (Wildman–Crippen LogP) is 4.68. The summed E-state index contributed by atoms with van der Waals surface area (Å²) >= 11 is 0. The van der Waals surface area contributed by atoms with Gasteiger partial charge in [0.2, 0.25) is 0 Å². The maximum atomic E-state index is 13.2. The SMILES string of the molecule is Cc1cccc2cc(CN(C(=O)c3ccccc3)c3ccccc3)c(=O)[nH]c12. The molecule has 4 aromatic rings. The van der Waals surface area contributed by atoms with Gasteiger partial charge in [-0.1, -0.05) is 54.6 Å². The van der Waals surface area contributed by atoms with E-state index in [1.54, 1.807) is 17.0 Å². The first-order chi connectivity index (χ1) is 13.6. The van der Waals surface area contributed by atoms with E-state index in [0.717, 1.165) is 22.2 Å². The van der Waals surface area contributed by atoms with E-state index in [9.17, 15) is 9.59 Å². The van der Waals surface area contributed by atoms with Crippen molar-refractivity contribution in [3.05, 3.63) is 112 Å². The number of nitrogens with zero attached hydrogens (tertiary/aromatic N) is 1. The van der Waals surface area contributed by atoms with Gasteiger partial charge in [-0.05, 0) is 48.2 Å². The zero-order valence-electron chi connectivity index (χ0n) is 15.6. The summed E-state index contributed by atoms with van der Waals surface area (Å²) in [7, 11) is 0. The van der Waals surface area contributed by atoms with E-state index < -0.39 is 0 Å². The Kier molecular flexibility index (Phi) is 4.77. The van der Waals surface area contributed by atoms with E-state index in [1.807, 2.05) is 79.7 Å². The Hall–Kier alpha value is -3.66. The molecule has 0 bridgehead atoms. The number of aryl methyl sites for hydroxylation is 1. The van der Waals surface area contributed by atoms with Gasteiger partial charge in [0.05, 0.1) is 12.1 Å². The number of hydrogen-bond donors (Lipinski definition) is 1. The molecule has 138 valence electrons. The number of aromatic amines is 1. The van der Waals surface area contributed by atoms with Crippen molar-refractivity contribution in [2.75, 3.05) is 4.90 Å². The third kappa shape index (κ3) is 3.45. The lowest BCUT2D eigenvalue weighted by atomic mass is 10.1. The van der Waals surface area contributed by atoms with Crippen molar-refractivity contribution in [1.29, 1.82) is 0 Å². The number of carbonyl (C=O) groups excluding carboxylic acids is 1. The Bertz CT molecular complexity index is 1180. The predicted molar refractivity (Wildman–Crippen MR) is 113 cm³/mol. The maximum Gasteiger partial charge on any atom is 0.258 e. The zero-order chi connectivity index (χ0) is 19.5. The van der Waals surface area contributed by atoms with Crippen LogP contribution < -0.4 is 10.5 Å². The molecule has 1 N–H and O–H groups in total. The molecular formula is C24H20N2O2. The first kappa shape index (κ1) is 17.7. The van der Waals surface area contributed by atoms with E-state index in [2.05, 4.69) is 4.98 Å². The number of nitrogens with one attached hydrogen (secondary N) is 1. The highest BCUT2D eigenvalue weighted by atomic mass is 16.2. The lowest BCUT2D eigenvalue weighted by Gasteiger charge is -2.23. The number of benzene rings is 3. The first-order valence-electron chi connectivity index (χ1n) is 9.17. The molecular weight excluding hydrogens is 348 g/mol. The highest BCUT2D eigenvalue weighted by Gasteiger charge is 2.19. The second-order valence-electron chi connectivity index (χ2n) is 6.76. The van der Waals surface area contributed by atoms with Crippen LogP contribution in [-0.4, -0.2) is 10.9 Å². The van der Waals surface area contributed by atoms with Gasteiger partial charge in [-0.15, -0.1) is 0 Å². The molecule has 4 nitrogen and oxygen atoms in total. The quantitative estimate of drug-likeness (QED) is 0.568. The molecule has 4 rings (SSSR count). The van der Waals surface area contributed by atoms with Crippen molar-refractivity contribution >= 4 is 22.5 Å². The van der Waals surface area contributed by atoms with Crippen LogP contribution >= 0.6 is 0 Å². The molecule has 4 heteroatoms. The van der Waals surface area contributed by atoms with Gasteiger partial charge in [-0.2, -0.15) is 0 Å². The third-order valence-electron chi connectivity index (χ3n) is 4.83. The van der Waals surface area contributed by atoms with Gasteiger partial charge in [0, 0.05) is 16.8 Å². The van der Waals surface area contributed by atoms with Crippen LogP contribution in [0.2, 0.25) is 0 Å². The number of pyridine rings is 1. The average molecular weight is 368 g/mol. The van der Waals surface area contributed by atoms with Gasteiger partial charge in [0.1, 0.15) is 0 Å². The summed E-state index contributed by atoms with van der Waals surface area (Å²) in [4.78, 5) is 30.5. The number of carbonyl (C=O) groups is 1. The summed E-state index contributed by atoms with van der Waals surface area (Å²) in [6, 6.07) is 26.3. The summed E-state index contributed by atoms with van der Waals surface area (Å²) in [5.74, 6) is -0.143. The molecule has 28 heavy (non-hydrogen) atoms. The summed E-state index contributed by atoms with van der Waals surface area (Å²) < 4.78 is 0. The van der Waals surface area contributed by atoms with E-state index >= 15 is 0 Å². The molecule has 0 aliphatic carbocycles. The zero-order valence-corrected chi connectivity index (χ0v) is 15.6. The van der Waals surface area contributed by atoms with E-state index in [-0.39, 0.29) is 18.0 Å². The smallest absolute Gasteiger partial charge is 0.258 e. The minimum atomic E-state index is -0.177. The second-order valence-corrected chi connectivity index (χ2v) is 6.76. The number of rotatable bonds is 4. The molecule has 0 aliphatic heterocycles. The Morgan fingerprint density at radius 2 is 1.57 bits per heavy atom. The fraction of sp³-hybridized carbons (Fsp3) is 0.0833. The van der Waals surface area contributed by atoms with Crippen molar-refractivity contribution in [3.63, 3.8) is 0 Å². The number of para-hydroxylation sites is 2. The van der Waals surface area contributed by atoms with Crippen molar-refractivity contribution in [3.8, 4) is 0 Å². The van der Waals surface area contributed by atoms with Crippen LogP contribution in [0.3, 0.4) is 0 Å². The van der Waals surface area contributed by atoms with Crippen molar-refractivity contribution < 1.29 is 4.79 Å². The van der Waals surface area contributed by atoms with Gasteiger partial charge < -0.3 is 9.88 Å². The van der Waals surface area contributed by atoms with Crippen LogP contribution in [-0.2, 0) is 6.54 Å². The summed E-state index contributed by atoms with van der Waals surface area (Å²) in [5.41, 5.74) is 3.55. The lowest BCUT2D eigenvalue weighted by molar-refractivity contribution is 0.0985. The molecule has 0 saturated carbocycles. The molecule has 1 heterocycles. The van der Waals surface area contributed by atoms with Gasteiger partial charge >= 0.3 is 0 Å². The second kappa shape index (κ2) is 7.53. The normalized spacial score (nSPS) is 10.8. The number of amides is 1. The Morgan fingerprint density at radius 3 is 2.29 bits per heavy atom. The maximum absolute atomic E-state index is 13.2. The standard InChI is InChI=1S/C24H20N2O2/c1-17-9-8-12-19-15-20(23(27)25-22(17)19)16-26(21-13-6-3-7-14-21)24(28)18-10-4-2-5-11-18/h2-15H,16H2,1H3,(H,25,27). The largest absolute Gasteiger partial charge is 0.321 e. The van der Waals surface area contributed by atoms with Crippen molar-refractivity contribution in [1.82, 2.24) is 4.98 Å². The Morgan fingerprint density at radius 1 is 0.893 bits per heavy atom. The molecule has 0 radical (unpaired) electrons. The summed E-state index contributed by atoms with van der Waals surface area (Å²) in [5, 5.41) is 0.953. The number of H-pyrrole nitrogens is 1. The Labute approximate surface area is 163 Å². The molecule has 0 atom stereocenters. The van der Waals surface area contributed by atoms with Gasteiger partial charge in [0.25, 0.3) is 11.5 Å². The topological polar surface area (TPSA) is 53.2 Å². The summed E-state index contributed by atoms with van der Waals surface area (Å²) in [6.45, 7) is 2.16. The van der Waals surface area contributed by atoms with Gasteiger partial charge in [-0.25, -0.2) is 0 Å². The monoisotopic (exact) mass is 368 g/mol. The lowest BCUT2D eigenvalue weighted by Crippen LogP contribution is -2.32.